The monoisotopic (exact) mass is 439 g/mol. The van der Waals surface area contributed by atoms with Gasteiger partial charge in [0.1, 0.15) is 5.82 Å². The van der Waals surface area contributed by atoms with Crippen molar-refractivity contribution in [3.05, 3.63) is 69.5 Å². The second-order valence-electron chi connectivity index (χ2n) is 7.59. The average Bonchev–Trinajstić information content (AvgIpc) is 2.65. The first-order valence-electron chi connectivity index (χ1n) is 9.45. The molecule has 29 heavy (non-hydrogen) atoms. The summed E-state index contributed by atoms with van der Waals surface area (Å²) in [7, 11) is 1.55. The SMILES string of the molecule is COCCC(=O)N[C@@]1(C)C[C@@H](c2cccc(Cl)c2)O[C@@H](c2ccc(Cl)cc2F)C1. The van der Waals surface area contributed by atoms with Crippen molar-refractivity contribution in [1.29, 1.82) is 0 Å². The summed E-state index contributed by atoms with van der Waals surface area (Å²) in [4.78, 5) is 12.4. The highest BCUT2D eigenvalue weighted by molar-refractivity contribution is 6.30. The molecule has 0 aliphatic carbocycles. The van der Waals surface area contributed by atoms with Crippen LogP contribution in [0.5, 0.6) is 0 Å². The minimum absolute atomic E-state index is 0.114. The van der Waals surface area contributed by atoms with Gasteiger partial charge in [0.15, 0.2) is 0 Å². The Labute approximate surface area is 180 Å². The zero-order valence-electron chi connectivity index (χ0n) is 16.4. The molecular formula is C22H24Cl2FNO3. The van der Waals surface area contributed by atoms with Crippen LogP contribution in [0, 0.1) is 5.82 Å². The molecule has 3 atom stereocenters. The smallest absolute Gasteiger partial charge is 0.222 e. The second kappa shape index (κ2) is 9.43. The van der Waals surface area contributed by atoms with Gasteiger partial charge < -0.3 is 14.8 Å². The third kappa shape index (κ3) is 5.70. The van der Waals surface area contributed by atoms with Gasteiger partial charge >= 0.3 is 0 Å². The minimum Gasteiger partial charge on any atom is -0.384 e. The molecule has 2 aromatic rings. The Morgan fingerprint density at radius 2 is 1.93 bits per heavy atom. The Bertz CT molecular complexity index is 879. The number of amides is 1. The number of ether oxygens (including phenoxy) is 2. The van der Waals surface area contributed by atoms with Gasteiger partial charge in [-0.05, 0) is 36.8 Å². The van der Waals surface area contributed by atoms with Crippen molar-refractivity contribution in [3.8, 4) is 0 Å². The maximum absolute atomic E-state index is 14.6. The molecule has 0 spiro atoms. The van der Waals surface area contributed by atoms with E-state index >= 15 is 0 Å². The van der Waals surface area contributed by atoms with E-state index in [4.69, 9.17) is 32.7 Å². The third-order valence-corrected chi connectivity index (χ3v) is 5.57. The summed E-state index contributed by atoms with van der Waals surface area (Å²) in [6, 6.07) is 11.9. The number of methoxy groups -OCH3 is 1. The molecule has 1 N–H and O–H groups in total. The zero-order chi connectivity index (χ0) is 21.0. The number of hydrogen-bond acceptors (Lipinski definition) is 3. The van der Waals surface area contributed by atoms with Crippen LogP contribution in [0.2, 0.25) is 10.0 Å². The van der Waals surface area contributed by atoms with Crippen molar-refractivity contribution >= 4 is 29.1 Å². The van der Waals surface area contributed by atoms with Crippen LogP contribution in [0.1, 0.15) is 49.5 Å². The fraction of sp³-hybridized carbons (Fsp3) is 0.409. The van der Waals surface area contributed by atoms with E-state index < -0.39 is 17.5 Å². The van der Waals surface area contributed by atoms with Crippen LogP contribution in [0.3, 0.4) is 0 Å². The highest BCUT2D eigenvalue weighted by Gasteiger charge is 2.41. The number of carbonyl (C=O) groups excluding carboxylic acids is 1. The van der Waals surface area contributed by atoms with Gasteiger partial charge in [-0.1, -0.05) is 41.4 Å². The largest absolute Gasteiger partial charge is 0.384 e. The molecule has 1 heterocycles. The number of carbonyl (C=O) groups is 1. The normalized spacial score (nSPS) is 24.3. The van der Waals surface area contributed by atoms with Gasteiger partial charge in [-0.2, -0.15) is 0 Å². The first kappa shape index (κ1) is 22.0. The average molecular weight is 440 g/mol. The van der Waals surface area contributed by atoms with E-state index in [0.29, 0.717) is 35.1 Å². The van der Waals surface area contributed by atoms with Gasteiger partial charge in [-0.15, -0.1) is 0 Å². The first-order chi connectivity index (χ1) is 13.8. The summed E-state index contributed by atoms with van der Waals surface area (Å²) in [5, 5.41) is 4.01. The van der Waals surface area contributed by atoms with Crippen molar-refractivity contribution < 1.29 is 18.7 Å². The summed E-state index contributed by atoms with van der Waals surface area (Å²) in [5.74, 6) is -0.543. The lowest BCUT2D eigenvalue weighted by molar-refractivity contribution is -0.129. The molecule has 1 amide bonds. The Morgan fingerprint density at radius 3 is 2.62 bits per heavy atom. The summed E-state index contributed by atoms with van der Waals surface area (Å²) in [6.45, 7) is 2.30. The Balaban J connectivity index is 1.91. The van der Waals surface area contributed by atoms with E-state index in [9.17, 15) is 9.18 Å². The second-order valence-corrected chi connectivity index (χ2v) is 8.47. The molecule has 3 rings (SSSR count). The van der Waals surface area contributed by atoms with Crippen molar-refractivity contribution in [3.63, 3.8) is 0 Å². The lowest BCUT2D eigenvalue weighted by Gasteiger charge is -2.43. The summed E-state index contributed by atoms with van der Waals surface area (Å²) in [5.41, 5.74) is 0.708. The first-order valence-corrected chi connectivity index (χ1v) is 10.2. The van der Waals surface area contributed by atoms with Crippen LogP contribution in [0.25, 0.3) is 0 Å². The fourth-order valence-electron chi connectivity index (χ4n) is 3.74. The van der Waals surface area contributed by atoms with Crippen molar-refractivity contribution in [2.24, 2.45) is 0 Å². The standard InChI is InChI=1S/C22H24Cl2FNO3/c1-22(26-21(27)8-9-28-2)12-19(14-4-3-5-15(23)10-14)29-20(13-22)17-7-6-16(24)11-18(17)25/h3-7,10-11,19-20H,8-9,12-13H2,1-2H3,(H,26,27)/t19-,20+,22-/m0/s1. The van der Waals surface area contributed by atoms with Gasteiger partial charge in [0.05, 0.1) is 18.8 Å². The third-order valence-electron chi connectivity index (χ3n) is 5.10. The van der Waals surface area contributed by atoms with E-state index in [0.717, 1.165) is 5.56 Å². The molecule has 1 saturated heterocycles. The molecule has 156 valence electrons. The maximum Gasteiger partial charge on any atom is 0.222 e. The van der Waals surface area contributed by atoms with Crippen molar-refractivity contribution in [2.45, 2.75) is 43.9 Å². The molecule has 1 aliphatic heterocycles. The van der Waals surface area contributed by atoms with E-state index in [1.54, 1.807) is 25.3 Å². The molecule has 0 bridgehead atoms. The maximum atomic E-state index is 14.6. The lowest BCUT2D eigenvalue weighted by atomic mass is 9.81. The molecule has 0 radical (unpaired) electrons. The van der Waals surface area contributed by atoms with Crippen molar-refractivity contribution in [2.75, 3.05) is 13.7 Å². The predicted molar refractivity (Wildman–Crippen MR) is 112 cm³/mol. The van der Waals surface area contributed by atoms with E-state index in [-0.39, 0.29) is 18.4 Å². The van der Waals surface area contributed by atoms with Crippen LogP contribution < -0.4 is 5.32 Å². The van der Waals surface area contributed by atoms with Gasteiger partial charge in [0.25, 0.3) is 0 Å². The molecule has 7 heteroatoms. The molecular weight excluding hydrogens is 416 g/mol. The highest BCUT2D eigenvalue weighted by atomic mass is 35.5. The summed E-state index contributed by atoms with van der Waals surface area (Å²) in [6.07, 6.45) is 0.335. The summed E-state index contributed by atoms with van der Waals surface area (Å²) >= 11 is 12.1. The number of nitrogens with one attached hydrogen (secondary N) is 1. The molecule has 0 saturated carbocycles. The zero-order valence-corrected chi connectivity index (χ0v) is 17.9. The van der Waals surface area contributed by atoms with Crippen LogP contribution in [-0.2, 0) is 14.3 Å². The quantitative estimate of drug-likeness (QED) is 0.633. The van der Waals surface area contributed by atoms with Crippen LogP contribution in [0.15, 0.2) is 42.5 Å². The predicted octanol–water partition coefficient (Wildman–Crippen LogP) is 5.64. The van der Waals surface area contributed by atoms with Crippen LogP contribution in [-0.4, -0.2) is 25.2 Å². The Kier molecular flexibility index (Phi) is 7.17. The number of halogens is 3. The molecule has 0 aromatic heterocycles. The minimum atomic E-state index is -0.590. The van der Waals surface area contributed by atoms with E-state index in [1.165, 1.54) is 6.07 Å². The molecule has 2 aromatic carbocycles. The topological polar surface area (TPSA) is 47.6 Å². The summed E-state index contributed by atoms with van der Waals surface area (Å²) < 4.78 is 25.9. The number of rotatable bonds is 6. The number of benzene rings is 2. The molecule has 4 nitrogen and oxygen atoms in total. The molecule has 0 unspecified atom stereocenters. The molecule has 1 aliphatic rings. The molecule has 1 fully saturated rings. The van der Waals surface area contributed by atoms with Gasteiger partial charge in [0.2, 0.25) is 5.91 Å². The lowest BCUT2D eigenvalue weighted by Crippen LogP contribution is -2.51. The van der Waals surface area contributed by atoms with Gasteiger partial charge in [-0.25, -0.2) is 4.39 Å². The van der Waals surface area contributed by atoms with Gasteiger partial charge in [-0.3, -0.25) is 4.79 Å². The number of hydrogen-bond donors (Lipinski definition) is 1. The Morgan fingerprint density at radius 1 is 1.21 bits per heavy atom. The highest BCUT2D eigenvalue weighted by Crippen LogP contribution is 2.44. The van der Waals surface area contributed by atoms with E-state index in [1.807, 2.05) is 25.1 Å². The van der Waals surface area contributed by atoms with E-state index in [2.05, 4.69) is 5.32 Å². The fourth-order valence-corrected chi connectivity index (χ4v) is 4.10. The van der Waals surface area contributed by atoms with Crippen molar-refractivity contribution in [1.82, 2.24) is 5.32 Å². The van der Waals surface area contributed by atoms with Crippen LogP contribution >= 0.6 is 23.2 Å². The van der Waals surface area contributed by atoms with Gasteiger partial charge in [0, 0.05) is 47.5 Å². The van der Waals surface area contributed by atoms with Crippen LogP contribution in [0.4, 0.5) is 4.39 Å². The Hall–Kier alpha value is -1.66.